The third kappa shape index (κ3) is 4.19. The van der Waals surface area contributed by atoms with Crippen LogP contribution in [0.5, 0.6) is 0 Å². The highest BCUT2D eigenvalue weighted by atomic mass is 79.9. The minimum atomic E-state index is -5.07. The first-order valence-corrected chi connectivity index (χ1v) is 13.9. The number of carbonyl (C=O) groups is 4. The van der Waals surface area contributed by atoms with Crippen LogP contribution in [0.4, 0.5) is 0 Å². The molecule has 2 aromatic carbocycles. The lowest BCUT2D eigenvalue weighted by molar-refractivity contribution is -0.114. The molecule has 0 unspecified atom stereocenters. The molecule has 176 valence electrons. The molecule has 0 heterocycles. The van der Waals surface area contributed by atoms with Crippen LogP contribution in [0.2, 0.25) is 0 Å². The van der Waals surface area contributed by atoms with E-state index >= 15 is 0 Å². The summed E-state index contributed by atoms with van der Waals surface area (Å²) in [4.78, 5) is 49.1. The van der Waals surface area contributed by atoms with Crippen molar-refractivity contribution in [2.24, 2.45) is 0 Å². The normalized spacial score (nSPS) is 15.1. The van der Waals surface area contributed by atoms with Gasteiger partial charge in [-0.3, -0.25) is 19.2 Å². The zero-order valence-corrected chi connectivity index (χ0v) is 22.3. The maximum Gasteiger partial charge on any atom is 0.281 e. The number of Topliss-reactive ketones (excluding diaryl/α,β-unsaturated/α-hetero) is 2. The first-order valence-electron chi connectivity index (χ1n) is 9.33. The lowest BCUT2D eigenvalue weighted by Gasteiger charge is -2.18. The van der Waals surface area contributed by atoms with Crippen LogP contribution in [-0.2, 0) is 29.3 Å². The fourth-order valence-corrected chi connectivity index (χ4v) is 8.22. The third-order valence-electron chi connectivity index (χ3n) is 4.97. The molecule has 0 fully saturated rings. The topological polar surface area (TPSA) is 137 Å². The molecule has 0 saturated carbocycles. The quantitative estimate of drug-likeness (QED) is 0.469. The van der Waals surface area contributed by atoms with E-state index in [4.69, 9.17) is 0 Å². The Labute approximate surface area is 211 Å². The number of halogens is 2. The number of allylic oxidation sites excluding steroid dienone is 4. The van der Waals surface area contributed by atoms with Crippen molar-refractivity contribution in [1.82, 2.24) is 0 Å². The Balaban J connectivity index is 2.15. The average molecular weight is 630 g/mol. The van der Waals surface area contributed by atoms with Crippen molar-refractivity contribution < 1.29 is 36.0 Å². The molecule has 34 heavy (non-hydrogen) atoms. The molecule has 0 N–H and O–H groups in total. The Morgan fingerprint density at radius 2 is 0.912 bits per heavy atom. The van der Waals surface area contributed by atoms with Crippen LogP contribution in [-0.4, -0.2) is 38.6 Å². The molecule has 0 aliphatic heterocycles. The van der Waals surface area contributed by atoms with Crippen LogP contribution in [0.15, 0.2) is 67.3 Å². The van der Waals surface area contributed by atoms with Crippen LogP contribution in [0.3, 0.4) is 0 Å². The molecular weight excluding hydrogens is 616 g/mol. The summed E-state index contributed by atoms with van der Waals surface area (Å²) >= 11 is 5.37. The van der Waals surface area contributed by atoms with Gasteiger partial charge in [-0.05, 0) is 56.8 Å². The number of sulfone groups is 2. The van der Waals surface area contributed by atoms with Crippen LogP contribution in [0.1, 0.15) is 31.8 Å². The molecular formula is C22H14Br2O8S2. The first kappa shape index (κ1) is 26.1. The molecule has 0 aromatic heterocycles. The van der Waals surface area contributed by atoms with E-state index in [1.807, 2.05) is 0 Å². The van der Waals surface area contributed by atoms with Crippen LogP contribution in [0.25, 0.3) is 0 Å². The number of ketones is 2. The summed E-state index contributed by atoms with van der Waals surface area (Å²) in [7, 11) is -10.1. The maximum absolute atomic E-state index is 13.0. The van der Waals surface area contributed by atoms with E-state index in [1.165, 1.54) is 50.2 Å². The standard InChI is InChI=1S/C22H14Br2O8S2/c1-11-7-3-5-9-13(11)21(27)33(29,30)19-15(23)18(26)20(16(24)17(19)25)34(31,32)22(28)14-10-6-4-8-12(14)2/h3-10H,1-2H3. The van der Waals surface area contributed by atoms with Gasteiger partial charge in [0.1, 0.15) is 9.81 Å². The molecule has 1 aliphatic rings. The van der Waals surface area contributed by atoms with Gasteiger partial charge in [-0.25, -0.2) is 16.8 Å². The summed E-state index contributed by atoms with van der Waals surface area (Å²) in [5.74, 6) is -2.91. The van der Waals surface area contributed by atoms with Crippen molar-refractivity contribution in [3.8, 4) is 0 Å². The van der Waals surface area contributed by atoms with E-state index in [-0.39, 0.29) is 11.1 Å². The van der Waals surface area contributed by atoms with Gasteiger partial charge >= 0.3 is 0 Å². The van der Waals surface area contributed by atoms with Gasteiger partial charge in [0.25, 0.3) is 10.2 Å². The molecule has 0 bridgehead atoms. The number of rotatable bonds is 4. The lowest BCUT2D eigenvalue weighted by atomic mass is 10.1. The van der Waals surface area contributed by atoms with Crippen LogP contribution in [0, 0.1) is 13.8 Å². The summed E-state index contributed by atoms with van der Waals surface area (Å²) in [6, 6.07) is 11.4. The lowest BCUT2D eigenvalue weighted by Crippen LogP contribution is -2.33. The predicted octanol–water partition coefficient (Wildman–Crippen LogP) is 3.48. The number of hydrogen-bond acceptors (Lipinski definition) is 8. The SMILES string of the molecule is Cc1ccccc1C(=O)S(=O)(=O)C1=C(Br)C(=O)C(S(=O)(=O)C(=O)c2ccccc2C)=C(Br)C1=O. The molecule has 3 rings (SSSR count). The van der Waals surface area contributed by atoms with Crippen molar-refractivity contribution in [3.63, 3.8) is 0 Å². The molecule has 1 aliphatic carbocycles. The van der Waals surface area contributed by atoms with Crippen molar-refractivity contribution in [2.45, 2.75) is 13.8 Å². The van der Waals surface area contributed by atoms with Gasteiger partial charge < -0.3 is 0 Å². The van der Waals surface area contributed by atoms with Gasteiger partial charge in [0.2, 0.25) is 31.2 Å². The Morgan fingerprint density at radius 1 is 0.618 bits per heavy atom. The molecule has 8 nitrogen and oxygen atoms in total. The van der Waals surface area contributed by atoms with Gasteiger partial charge in [-0.15, -0.1) is 0 Å². The number of hydrogen-bond donors (Lipinski definition) is 0. The van der Waals surface area contributed by atoms with E-state index in [0.717, 1.165) is 0 Å². The van der Waals surface area contributed by atoms with Crippen molar-refractivity contribution in [1.29, 1.82) is 0 Å². The van der Waals surface area contributed by atoms with E-state index in [9.17, 15) is 36.0 Å². The van der Waals surface area contributed by atoms with Gasteiger partial charge in [-0.2, -0.15) is 0 Å². The Hall–Kier alpha value is -2.54. The maximum atomic E-state index is 13.0. The Bertz CT molecular complexity index is 1460. The molecule has 0 atom stereocenters. The second-order valence-electron chi connectivity index (χ2n) is 7.16. The van der Waals surface area contributed by atoms with Crippen LogP contribution < -0.4 is 0 Å². The van der Waals surface area contributed by atoms with E-state index in [1.54, 1.807) is 12.1 Å². The summed E-state index contributed by atoms with van der Waals surface area (Å²) in [5.41, 5.74) is 0.181. The van der Waals surface area contributed by atoms with Crippen molar-refractivity contribution in [2.75, 3.05) is 0 Å². The highest BCUT2D eigenvalue weighted by Crippen LogP contribution is 2.38. The summed E-state index contributed by atoms with van der Waals surface area (Å²) in [6.07, 6.45) is 0. The molecule has 2 aromatic rings. The van der Waals surface area contributed by atoms with Gasteiger partial charge in [-0.1, -0.05) is 48.5 Å². The monoisotopic (exact) mass is 628 g/mol. The van der Waals surface area contributed by atoms with Gasteiger partial charge in [0, 0.05) is 11.1 Å². The zero-order valence-electron chi connectivity index (χ0n) is 17.5. The second kappa shape index (κ2) is 9.25. The predicted molar refractivity (Wildman–Crippen MR) is 131 cm³/mol. The molecule has 0 spiro atoms. The fourth-order valence-electron chi connectivity index (χ4n) is 3.16. The smallest absolute Gasteiger partial charge is 0.281 e. The van der Waals surface area contributed by atoms with E-state index in [0.29, 0.717) is 11.1 Å². The van der Waals surface area contributed by atoms with Gasteiger partial charge in [0.05, 0.1) is 8.96 Å². The van der Waals surface area contributed by atoms with E-state index < -0.39 is 60.2 Å². The van der Waals surface area contributed by atoms with Gasteiger partial charge in [0.15, 0.2) is 0 Å². The second-order valence-corrected chi connectivity index (χ2v) is 12.3. The highest BCUT2D eigenvalue weighted by molar-refractivity contribution is 9.12. The molecule has 0 saturated heterocycles. The van der Waals surface area contributed by atoms with E-state index in [2.05, 4.69) is 31.9 Å². The number of carbonyl (C=O) groups excluding carboxylic acids is 4. The average Bonchev–Trinajstić information content (AvgIpc) is 2.77. The Morgan fingerprint density at radius 3 is 1.21 bits per heavy atom. The fraction of sp³-hybridized carbons (Fsp3) is 0.0909. The first-order chi connectivity index (χ1) is 15.7. The molecule has 0 radical (unpaired) electrons. The minimum Gasteiger partial charge on any atom is -0.287 e. The third-order valence-corrected chi connectivity index (χ3v) is 10.3. The largest absolute Gasteiger partial charge is 0.287 e. The minimum absolute atomic E-state index is 0.219. The summed E-state index contributed by atoms with van der Waals surface area (Å²) in [6.45, 7) is 2.97. The molecule has 0 amide bonds. The highest BCUT2D eigenvalue weighted by Gasteiger charge is 2.48. The van der Waals surface area contributed by atoms with Crippen LogP contribution >= 0.6 is 31.9 Å². The summed E-state index contributed by atoms with van der Waals surface area (Å²) in [5, 5.41) is -2.89. The van der Waals surface area contributed by atoms with Crippen molar-refractivity contribution >= 4 is 73.3 Å². The zero-order chi connectivity index (χ0) is 25.6. The molecule has 12 heteroatoms. The Kier molecular flexibility index (Phi) is 7.09. The van der Waals surface area contributed by atoms with Crippen molar-refractivity contribution in [3.05, 3.63) is 89.6 Å². The number of aryl methyl sites for hydroxylation is 2. The summed E-state index contributed by atoms with van der Waals surface area (Å²) < 4.78 is 50.2. The number of benzene rings is 2.